The molecule has 3 rings (SSSR count). The summed E-state index contributed by atoms with van der Waals surface area (Å²) in [6, 6.07) is 0. The van der Waals surface area contributed by atoms with Gasteiger partial charge in [0.2, 0.25) is 0 Å². The Kier molecular flexibility index (Phi) is 1.72. The normalized spacial score (nSPS) is 53.4. The van der Waals surface area contributed by atoms with Gasteiger partial charge in [-0.3, -0.25) is 9.80 Å². The van der Waals surface area contributed by atoms with E-state index in [4.69, 9.17) is 11.6 Å². The van der Waals surface area contributed by atoms with Gasteiger partial charge in [-0.15, -0.1) is 0 Å². The van der Waals surface area contributed by atoms with Crippen molar-refractivity contribution < 1.29 is 0 Å². The van der Waals surface area contributed by atoms with Crippen LogP contribution >= 0.6 is 27.5 Å². The van der Waals surface area contributed by atoms with E-state index in [1.54, 1.807) is 0 Å². The molecule has 0 aliphatic carbocycles. The Balaban J connectivity index is 2.15. The van der Waals surface area contributed by atoms with Crippen molar-refractivity contribution in [2.24, 2.45) is 0 Å². The summed E-state index contributed by atoms with van der Waals surface area (Å²) in [7, 11) is 0. The summed E-state index contributed by atoms with van der Waals surface area (Å²) in [5.74, 6) is 0. The Hall–Kier alpha value is 0.690. The second-order valence-corrected chi connectivity index (χ2v) is 5.32. The second kappa shape index (κ2) is 2.34. The first kappa shape index (κ1) is 7.35. The molecular weight excluding hydrogens is 215 g/mol. The SMILES string of the molecule is ClC1(Br)CN2CCN1CC2. The zero-order valence-corrected chi connectivity index (χ0v) is 8.03. The molecule has 10 heavy (non-hydrogen) atoms. The van der Waals surface area contributed by atoms with Gasteiger partial charge in [-0.2, -0.15) is 0 Å². The lowest BCUT2D eigenvalue weighted by atomic mass is 10.2. The Bertz CT molecular complexity index is 143. The van der Waals surface area contributed by atoms with Crippen LogP contribution < -0.4 is 0 Å². The lowest BCUT2D eigenvalue weighted by molar-refractivity contribution is 0.0350. The largest absolute Gasteiger partial charge is 0.297 e. The van der Waals surface area contributed by atoms with Crippen molar-refractivity contribution in [2.45, 2.75) is 3.91 Å². The lowest BCUT2D eigenvalue weighted by Gasteiger charge is -2.49. The third-order valence-corrected chi connectivity index (χ3v) is 3.36. The smallest absolute Gasteiger partial charge is 0.164 e. The van der Waals surface area contributed by atoms with E-state index < -0.39 is 0 Å². The number of halogens is 2. The van der Waals surface area contributed by atoms with Gasteiger partial charge >= 0.3 is 0 Å². The molecule has 2 bridgehead atoms. The molecule has 3 saturated heterocycles. The summed E-state index contributed by atoms with van der Waals surface area (Å²) < 4.78 is -0.260. The molecule has 1 atom stereocenters. The van der Waals surface area contributed by atoms with Crippen molar-refractivity contribution in [2.75, 3.05) is 32.7 Å². The molecule has 0 aromatic rings. The minimum Gasteiger partial charge on any atom is -0.297 e. The van der Waals surface area contributed by atoms with Crippen LogP contribution in [0.15, 0.2) is 0 Å². The average Bonchev–Trinajstić information content (AvgIpc) is 1.87. The van der Waals surface area contributed by atoms with Crippen LogP contribution in [-0.4, -0.2) is 46.4 Å². The summed E-state index contributed by atoms with van der Waals surface area (Å²) in [4.78, 5) is 4.68. The lowest BCUT2D eigenvalue weighted by Crippen LogP contribution is -2.63. The molecule has 0 N–H and O–H groups in total. The third-order valence-electron chi connectivity index (χ3n) is 2.25. The van der Waals surface area contributed by atoms with Gasteiger partial charge in [0.1, 0.15) is 0 Å². The van der Waals surface area contributed by atoms with E-state index >= 15 is 0 Å². The molecule has 1 unspecified atom stereocenters. The van der Waals surface area contributed by atoms with Crippen molar-refractivity contribution in [3.05, 3.63) is 0 Å². The van der Waals surface area contributed by atoms with E-state index in [0.717, 1.165) is 19.6 Å². The fourth-order valence-corrected chi connectivity index (χ4v) is 2.65. The van der Waals surface area contributed by atoms with Crippen molar-refractivity contribution in [1.82, 2.24) is 9.80 Å². The molecule has 3 aliphatic heterocycles. The highest BCUT2D eigenvalue weighted by Gasteiger charge is 2.41. The summed E-state index contributed by atoms with van der Waals surface area (Å²) in [6.45, 7) is 5.53. The molecule has 3 aliphatic rings. The quantitative estimate of drug-likeness (QED) is 0.447. The predicted octanol–water partition coefficient (Wildman–Crippen LogP) is 0.905. The fraction of sp³-hybridized carbons (Fsp3) is 1.00. The first-order valence-corrected chi connectivity index (χ1v) is 4.71. The van der Waals surface area contributed by atoms with Crippen LogP contribution in [0, 0.1) is 0 Å². The third kappa shape index (κ3) is 1.09. The molecule has 0 spiro atoms. The van der Waals surface area contributed by atoms with Gasteiger partial charge < -0.3 is 0 Å². The minimum absolute atomic E-state index is 0.260. The molecule has 0 aromatic heterocycles. The molecule has 0 aromatic carbocycles. The maximum absolute atomic E-state index is 6.17. The van der Waals surface area contributed by atoms with Crippen LogP contribution in [0.25, 0.3) is 0 Å². The van der Waals surface area contributed by atoms with Crippen molar-refractivity contribution >= 4 is 27.5 Å². The molecule has 0 saturated carbocycles. The summed E-state index contributed by atoms with van der Waals surface area (Å²) in [6.07, 6.45) is 0. The van der Waals surface area contributed by atoms with Gasteiger partial charge in [0, 0.05) is 32.7 Å². The Morgan fingerprint density at radius 3 is 2.00 bits per heavy atom. The van der Waals surface area contributed by atoms with Crippen LogP contribution in [0.5, 0.6) is 0 Å². The van der Waals surface area contributed by atoms with Gasteiger partial charge in [-0.25, -0.2) is 0 Å². The van der Waals surface area contributed by atoms with Crippen LogP contribution in [0.2, 0.25) is 0 Å². The monoisotopic (exact) mass is 224 g/mol. The van der Waals surface area contributed by atoms with E-state index in [9.17, 15) is 0 Å². The number of nitrogens with zero attached hydrogens (tertiary/aromatic N) is 2. The highest BCUT2D eigenvalue weighted by Crippen LogP contribution is 2.34. The van der Waals surface area contributed by atoms with E-state index in [2.05, 4.69) is 25.7 Å². The molecule has 0 radical (unpaired) electrons. The zero-order chi connectivity index (χ0) is 7.19. The van der Waals surface area contributed by atoms with Crippen molar-refractivity contribution in [3.8, 4) is 0 Å². The highest BCUT2D eigenvalue weighted by molar-refractivity contribution is 9.10. The number of alkyl halides is 2. The molecule has 3 fully saturated rings. The van der Waals surface area contributed by atoms with Gasteiger partial charge in [0.25, 0.3) is 0 Å². The molecule has 2 nitrogen and oxygen atoms in total. The van der Waals surface area contributed by atoms with Gasteiger partial charge in [-0.05, 0) is 15.9 Å². The van der Waals surface area contributed by atoms with Gasteiger partial charge in [0.05, 0.1) is 0 Å². The zero-order valence-electron chi connectivity index (χ0n) is 5.69. The average molecular weight is 226 g/mol. The Morgan fingerprint density at radius 1 is 1.20 bits per heavy atom. The first-order valence-electron chi connectivity index (χ1n) is 3.54. The van der Waals surface area contributed by atoms with Crippen LogP contribution in [0.3, 0.4) is 0 Å². The maximum atomic E-state index is 6.17. The van der Waals surface area contributed by atoms with E-state index in [1.165, 1.54) is 13.1 Å². The number of rotatable bonds is 0. The maximum Gasteiger partial charge on any atom is 0.164 e. The van der Waals surface area contributed by atoms with Crippen molar-refractivity contribution in [3.63, 3.8) is 0 Å². The predicted molar refractivity (Wildman–Crippen MR) is 45.5 cm³/mol. The second-order valence-electron chi connectivity index (χ2n) is 2.93. The first-order chi connectivity index (χ1) is 4.68. The van der Waals surface area contributed by atoms with E-state index in [1.807, 2.05) is 0 Å². The fourth-order valence-electron chi connectivity index (χ4n) is 1.60. The number of hydrogen-bond acceptors (Lipinski definition) is 2. The topological polar surface area (TPSA) is 6.48 Å². The number of hydrogen-bond donors (Lipinski definition) is 0. The summed E-state index contributed by atoms with van der Waals surface area (Å²) in [5.41, 5.74) is 0. The van der Waals surface area contributed by atoms with Crippen molar-refractivity contribution in [1.29, 1.82) is 0 Å². The van der Waals surface area contributed by atoms with Gasteiger partial charge in [-0.1, -0.05) is 11.6 Å². The minimum atomic E-state index is -0.260. The molecular formula is C6H10BrClN2. The van der Waals surface area contributed by atoms with E-state index in [0.29, 0.717) is 0 Å². The van der Waals surface area contributed by atoms with Crippen LogP contribution in [-0.2, 0) is 0 Å². The molecule has 58 valence electrons. The number of fused-ring (bicyclic) bond motifs is 3. The van der Waals surface area contributed by atoms with E-state index in [-0.39, 0.29) is 3.91 Å². The molecule has 3 heterocycles. The molecule has 0 amide bonds. The summed E-state index contributed by atoms with van der Waals surface area (Å²) in [5, 5.41) is 0. The highest BCUT2D eigenvalue weighted by atomic mass is 79.9. The standard InChI is InChI=1S/C6H10BrClN2/c7-6(8)5-9-1-3-10(6)4-2-9/h1-5H2. The number of piperazine rings is 3. The Morgan fingerprint density at radius 2 is 1.80 bits per heavy atom. The van der Waals surface area contributed by atoms with Crippen LogP contribution in [0.1, 0.15) is 0 Å². The summed E-state index contributed by atoms with van der Waals surface area (Å²) >= 11 is 9.67. The van der Waals surface area contributed by atoms with Crippen LogP contribution in [0.4, 0.5) is 0 Å². The van der Waals surface area contributed by atoms with Gasteiger partial charge in [0.15, 0.2) is 3.91 Å². The molecule has 4 heteroatoms. The Labute approximate surface area is 74.2 Å².